The van der Waals surface area contributed by atoms with Crippen molar-refractivity contribution in [3.63, 3.8) is 0 Å². The number of furan rings is 1. The first-order chi connectivity index (χ1) is 45.8. The second-order valence-electron chi connectivity index (χ2n) is 13.8. The van der Waals surface area contributed by atoms with E-state index in [4.69, 9.17) is 34.6 Å². The van der Waals surface area contributed by atoms with Gasteiger partial charge in [-0.1, -0.05) is 171 Å². The predicted molar refractivity (Wildman–Crippen MR) is 248 cm³/mol. The molecule has 0 unspecified atom stereocenters. The summed E-state index contributed by atoms with van der Waals surface area (Å²) in [5.74, 6) is 0. The second-order valence-corrected chi connectivity index (χ2v) is 13.8. The minimum Gasteiger partial charge on any atom is -0.455 e. The van der Waals surface area contributed by atoms with Gasteiger partial charge in [0.15, 0.2) is 0 Å². The van der Waals surface area contributed by atoms with Crippen LogP contribution in [-0.4, -0.2) is 0 Å². The van der Waals surface area contributed by atoms with Crippen LogP contribution in [0.3, 0.4) is 0 Å². The van der Waals surface area contributed by atoms with Crippen LogP contribution in [0.15, 0.2) is 204 Å². The molecule has 1 aromatic heterocycles. The standard InChI is InChI=1S/C58H39NO/c1-57(2)49-21-8-3-14-41(49)45-32-30-38(34-53(45)57)59(37-28-26-36(27-29-37)40-19-13-20-48-47-18-7-12-25-55(47)60-56(40)48)39-31-33-46-44-17-6-11-24-52(44)58(54(46)35-39)50-22-9-4-15-42(50)43-16-5-10-23-51(43)58/h3-35H,1-2H3/i1D3,2D3,3D,4D,5D,6D,7D,8D,9D,10D,11D,12D,13D,14D,15D,16D,17D,18D,19D,20D,21D,22D,23D,24D,25D,26D,27D,28D,29D,30D,31D,32D,33D,34D,35D. The summed E-state index contributed by atoms with van der Waals surface area (Å²) < 4.78 is 371. The number of hydrogen-bond acceptors (Lipinski definition) is 2. The van der Waals surface area contributed by atoms with E-state index >= 15 is 0 Å². The lowest BCUT2D eigenvalue weighted by molar-refractivity contribution is 0.660. The summed E-state index contributed by atoms with van der Waals surface area (Å²) in [4.78, 5) is 0.118. The number of rotatable bonds is 4. The lowest BCUT2D eigenvalue weighted by Crippen LogP contribution is -2.26. The molecule has 2 nitrogen and oxygen atoms in total. The average Bonchev–Trinajstić information content (AvgIpc) is 1.48. The van der Waals surface area contributed by atoms with E-state index in [1.807, 2.05) is 0 Å². The van der Waals surface area contributed by atoms with Crippen LogP contribution in [0.25, 0.3) is 66.4 Å². The van der Waals surface area contributed by atoms with Crippen LogP contribution in [0, 0.1) is 0 Å². The van der Waals surface area contributed by atoms with Gasteiger partial charge in [-0.3, -0.25) is 0 Å². The Morgan fingerprint density at radius 1 is 0.400 bits per heavy atom. The third-order valence-corrected chi connectivity index (χ3v) is 10.8. The molecule has 0 amide bonds. The van der Waals surface area contributed by atoms with Crippen molar-refractivity contribution < 1.29 is 57.9 Å². The van der Waals surface area contributed by atoms with E-state index in [0.29, 0.717) is 0 Å². The average molecular weight is 805 g/mol. The van der Waals surface area contributed by atoms with E-state index in [-0.39, 0.29) is 4.90 Å². The highest BCUT2D eigenvalue weighted by Crippen LogP contribution is 2.63. The Labute approximate surface area is 404 Å². The van der Waals surface area contributed by atoms with Gasteiger partial charge >= 0.3 is 0 Å². The highest BCUT2D eigenvalue weighted by Gasteiger charge is 2.51. The van der Waals surface area contributed by atoms with Crippen LogP contribution in [0.2, 0.25) is 0 Å². The smallest absolute Gasteiger partial charge is 0.143 e. The third-order valence-electron chi connectivity index (χ3n) is 10.8. The maximum atomic E-state index is 10.8. The van der Waals surface area contributed by atoms with Crippen LogP contribution in [0.5, 0.6) is 0 Å². The minimum absolute atomic E-state index is 0.118. The van der Waals surface area contributed by atoms with Gasteiger partial charge < -0.3 is 9.32 Å². The van der Waals surface area contributed by atoms with Crippen LogP contribution in [0.4, 0.5) is 17.1 Å². The largest absolute Gasteiger partial charge is 0.455 e. The normalized spacial score (nSPS) is 24.0. The molecule has 0 saturated heterocycles. The molecule has 0 atom stereocenters. The zero-order valence-corrected chi connectivity index (χ0v) is 29.9. The number of anilines is 3. The number of nitrogens with zero attached hydrogens (tertiary/aromatic N) is 1. The number of fused-ring (bicyclic) bond motifs is 16. The molecule has 3 aliphatic carbocycles. The Bertz CT molecular complexity index is 5440. The topological polar surface area (TPSA) is 16.4 Å². The molecule has 10 aromatic rings. The van der Waals surface area contributed by atoms with Gasteiger partial charge in [0.05, 0.1) is 50.7 Å². The van der Waals surface area contributed by atoms with E-state index in [1.165, 1.54) is 0 Å². The summed E-state index contributed by atoms with van der Waals surface area (Å²) in [6.45, 7) is -8.30. The van der Waals surface area contributed by atoms with Gasteiger partial charge in [0, 0.05) is 47.0 Å². The molecule has 1 heterocycles. The Hall–Kier alpha value is -7.42. The van der Waals surface area contributed by atoms with Crippen molar-refractivity contribution in [2.24, 2.45) is 0 Å². The molecular weight excluding hydrogens is 727 g/mol. The van der Waals surface area contributed by atoms with Gasteiger partial charge in [-0.05, 0) is 115 Å². The molecule has 3 aliphatic rings. The summed E-state index contributed by atoms with van der Waals surface area (Å²) in [6, 6.07) is -39.2. The molecule has 13 rings (SSSR count). The molecule has 0 radical (unpaired) electrons. The fraction of sp³-hybridized carbons (Fsp3) is 0.0690. The highest BCUT2D eigenvalue weighted by atomic mass is 16.3. The summed E-state index contributed by atoms with van der Waals surface area (Å²) in [5, 5.41) is -1.15. The maximum Gasteiger partial charge on any atom is 0.143 e. The van der Waals surface area contributed by atoms with Crippen LogP contribution >= 0.6 is 0 Å². The van der Waals surface area contributed by atoms with Gasteiger partial charge in [0.25, 0.3) is 0 Å². The first-order valence-electron chi connectivity index (χ1n) is 37.3. The molecular formula is C58H39NO. The number of para-hydroxylation sites is 2. The first-order valence-corrected chi connectivity index (χ1v) is 17.8. The number of hydrogen-bond donors (Lipinski definition) is 0. The van der Waals surface area contributed by atoms with E-state index in [1.54, 1.807) is 0 Å². The van der Waals surface area contributed by atoms with Crippen molar-refractivity contribution in [1.82, 2.24) is 0 Å². The van der Waals surface area contributed by atoms with Crippen molar-refractivity contribution >= 4 is 39.0 Å². The third kappa shape index (κ3) is 4.32. The van der Waals surface area contributed by atoms with Crippen molar-refractivity contribution in [2.45, 2.75) is 24.5 Å². The van der Waals surface area contributed by atoms with Crippen molar-refractivity contribution in [3.8, 4) is 44.5 Å². The van der Waals surface area contributed by atoms with Crippen molar-refractivity contribution in [2.75, 3.05) is 4.90 Å². The summed E-state index contributed by atoms with van der Waals surface area (Å²) in [5.41, 5.74) is -26.7. The summed E-state index contributed by atoms with van der Waals surface area (Å²) in [7, 11) is 0. The van der Waals surface area contributed by atoms with E-state index in [0.717, 1.165) is 0 Å². The molecule has 0 aliphatic heterocycles. The first kappa shape index (κ1) is 13.0. The maximum absolute atomic E-state index is 10.8. The SMILES string of the molecule is [2H]c1c([2H])c([2H])c2c(c1[2H])-c1c([2H])c([2H])c([2H])c([2H])c1C21c2c([2H])c([2H])c([2H])c([2H])c2-c2c([2H])c([2H])c(N(c3c([2H])c([2H])c(-c4c([2H])c([2H])c([2H])c5c4oc4c([2H])c([2H])c([2H])c([2H])c45)c([2H])c3[2H])c3c([2H])c([2H])c4c(c3[2H])C(C([2H])([2H])[2H])(C([2H])([2H])[2H])c3c([2H])c([2H])c([2H])c([2H])c3-4)c([2H])c21. The summed E-state index contributed by atoms with van der Waals surface area (Å²) in [6.07, 6.45) is 0. The van der Waals surface area contributed by atoms with Gasteiger partial charge in [-0.15, -0.1) is 0 Å². The molecule has 282 valence electrons. The molecule has 0 saturated carbocycles. The molecule has 9 aromatic carbocycles. The van der Waals surface area contributed by atoms with Gasteiger partial charge in [-0.25, -0.2) is 0 Å². The van der Waals surface area contributed by atoms with E-state index < -0.39 is 341 Å². The zero-order chi connectivity index (χ0) is 73.5. The Balaban J connectivity index is 1.30. The zero-order valence-electron chi connectivity index (χ0n) is 68.9. The highest BCUT2D eigenvalue weighted by molar-refractivity contribution is 6.09. The van der Waals surface area contributed by atoms with Crippen molar-refractivity contribution in [1.29, 1.82) is 0 Å². The predicted octanol–water partition coefficient (Wildman–Crippen LogP) is 15.4. The Kier molecular flexibility index (Phi) is 2.62. The Morgan fingerprint density at radius 3 is 1.50 bits per heavy atom. The molecule has 60 heavy (non-hydrogen) atoms. The molecule has 0 bridgehead atoms. The fourth-order valence-electron chi connectivity index (χ4n) is 8.34. The van der Waals surface area contributed by atoms with Gasteiger partial charge in [0.2, 0.25) is 0 Å². The molecule has 0 fully saturated rings. The quantitative estimate of drug-likeness (QED) is 0.176. The van der Waals surface area contributed by atoms with Gasteiger partial charge in [0.1, 0.15) is 11.2 Å². The second kappa shape index (κ2) is 12.1. The van der Waals surface area contributed by atoms with Crippen molar-refractivity contribution in [3.05, 3.63) is 233 Å². The molecule has 0 N–H and O–H groups in total. The van der Waals surface area contributed by atoms with Gasteiger partial charge in [-0.2, -0.15) is 0 Å². The van der Waals surface area contributed by atoms with Crippen LogP contribution < -0.4 is 4.90 Å². The molecule has 1 spiro atoms. The fourth-order valence-corrected chi connectivity index (χ4v) is 8.34. The Morgan fingerprint density at radius 2 is 0.867 bits per heavy atom. The van der Waals surface area contributed by atoms with E-state index in [9.17, 15) is 23.3 Å². The van der Waals surface area contributed by atoms with E-state index in [2.05, 4.69) is 0 Å². The molecule has 2 heteroatoms. The number of benzene rings is 9. The van der Waals surface area contributed by atoms with Crippen LogP contribution in [0.1, 0.15) is 101 Å². The summed E-state index contributed by atoms with van der Waals surface area (Å²) >= 11 is 0. The lowest BCUT2D eigenvalue weighted by atomic mass is 9.70. The minimum atomic E-state index is -4.15. The lowest BCUT2D eigenvalue weighted by Gasteiger charge is -2.32. The monoisotopic (exact) mass is 805 g/mol. The van der Waals surface area contributed by atoms with Crippen LogP contribution in [-0.2, 0) is 10.8 Å².